The molecule has 0 saturated heterocycles. The summed E-state index contributed by atoms with van der Waals surface area (Å²) in [6.45, 7) is 31.2. The lowest BCUT2D eigenvalue weighted by molar-refractivity contribution is -0.154. The first-order valence-corrected chi connectivity index (χ1v) is 27.2. The number of unbranched alkanes of at least 4 members (excludes halogenated alkanes) is 15. The van der Waals surface area contributed by atoms with Gasteiger partial charge in [-0.3, -0.25) is 14.4 Å². The summed E-state index contributed by atoms with van der Waals surface area (Å²) in [7, 11) is 0. The predicted molar refractivity (Wildman–Crippen MR) is 272 cm³/mol. The van der Waals surface area contributed by atoms with Gasteiger partial charge in [-0.05, 0) is 149 Å². The fraction of sp³-hybridized carbons (Fsp3) is 0.930. The molecule has 0 aromatic heterocycles. The zero-order valence-corrected chi connectivity index (χ0v) is 45.4. The molecule has 3 saturated carbocycles. The topological polar surface area (TPSA) is 103 Å². The number of fused-ring (bicyclic) bond motifs is 5. The highest BCUT2D eigenvalue weighted by Gasteiger charge is 2.48. The van der Waals surface area contributed by atoms with Crippen LogP contribution in [0, 0.1) is 63.1 Å². The van der Waals surface area contributed by atoms with Gasteiger partial charge in [0.1, 0.15) is 0 Å². The molecule has 0 aliphatic heterocycles. The number of nitrogens with zero attached hydrogens (tertiary/aromatic N) is 1. The van der Waals surface area contributed by atoms with Gasteiger partial charge >= 0.3 is 17.9 Å². The number of hydrogen-bond acceptors (Lipinski definition) is 7. The molecule has 7 heteroatoms. The lowest BCUT2D eigenvalue weighted by atomic mass is 9.82. The Labute approximate surface area is 398 Å². The second kappa shape index (κ2) is 37.9. The largest absolute Gasteiger partial charge is 0.466 e. The second-order valence-corrected chi connectivity index (χ2v) is 21.9. The third-order valence-electron chi connectivity index (χ3n) is 14.3. The molecule has 0 radical (unpaired) electrons. The van der Waals surface area contributed by atoms with E-state index >= 15 is 0 Å². The summed E-state index contributed by atoms with van der Waals surface area (Å²) in [6, 6.07) is 2.27. The van der Waals surface area contributed by atoms with E-state index in [4.69, 9.17) is 19.5 Å². The Morgan fingerprint density at radius 2 is 0.938 bits per heavy atom. The van der Waals surface area contributed by atoms with Gasteiger partial charge in [-0.1, -0.05) is 151 Å². The molecule has 0 heterocycles. The van der Waals surface area contributed by atoms with Crippen LogP contribution in [0.5, 0.6) is 0 Å². The predicted octanol–water partition coefficient (Wildman–Crippen LogP) is 17.2. The smallest absolute Gasteiger partial charge is 0.311 e. The fourth-order valence-electron chi connectivity index (χ4n) is 9.16. The minimum absolute atomic E-state index is 0.0246. The molecule has 0 amide bonds. The molecular formula is C57H109NO6. The summed E-state index contributed by atoms with van der Waals surface area (Å²) in [6.07, 6.45) is 35.0. The number of ether oxygens (including phenoxy) is 3. The molecule has 2 bridgehead atoms. The molecular weight excluding hydrogens is 795 g/mol. The summed E-state index contributed by atoms with van der Waals surface area (Å²) in [5.74, 6) is 5.26. The van der Waals surface area contributed by atoms with Gasteiger partial charge in [0, 0.05) is 0 Å². The first-order valence-electron chi connectivity index (χ1n) is 27.2. The number of hydrogen-bond donors (Lipinski definition) is 0. The fourth-order valence-corrected chi connectivity index (χ4v) is 9.16. The molecule has 0 aromatic rings. The van der Waals surface area contributed by atoms with Crippen molar-refractivity contribution < 1.29 is 28.6 Å². The summed E-state index contributed by atoms with van der Waals surface area (Å²) in [4.78, 5) is 33.7. The number of nitriles is 1. The average molecular weight is 904 g/mol. The Balaban J connectivity index is 0. The average Bonchev–Trinajstić information content (AvgIpc) is 4.03. The standard InChI is InChI=1S/C23H46O2.C10H16.C8H15N.2C8H16O2/c1-4-6-7-8-9-10-11-12-13-14-15-16-17-18-19-20-21-25-23(24)22(3)5-2;1-2-9-7-4-5-8(6-7)10(9)3-1;1-7(2)5-8(3,4)6-9;2*1-5-8(3,4)7(9)10-6-2/h22H,4-21H2,1-3H3;7-10H,1-6H2;7H,5H2,1-4H3;2*5-6H2,1-4H3. The molecule has 5 unspecified atom stereocenters. The summed E-state index contributed by atoms with van der Waals surface area (Å²) >= 11 is 0. The van der Waals surface area contributed by atoms with Crippen molar-refractivity contribution in [2.24, 2.45) is 51.8 Å². The van der Waals surface area contributed by atoms with Gasteiger partial charge in [-0.25, -0.2) is 0 Å². The van der Waals surface area contributed by atoms with Crippen LogP contribution in [0.15, 0.2) is 0 Å². The summed E-state index contributed by atoms with van der Waals surface area (Å²) < 4.78 is 15.0. The van der Waals surface area contributed by atoms with E-state index in [0.717, 1.165) is 32.1 Å². The van der Waals surface area contributed by atoms with E-state index < -0.39 is 0 Å². The molecule has 0 spiro atoms. The van der Waals surface area contributed by atoms with Crippen molar-refractivity contribution in [2.45, 2.75) is 271 Å². The zero-order valence-electron chi connectivity index (χ0n) is 45.4. The van der Waals surface area contributed by atoms with E-state index in [-0.39, 0.29) is 40.1 Å². The first kappa shape index (κ1) is 64.0. The van der Waals surface area contributed by atoms with Gasteiger partial charge in [0.2, 0.25) is 0 Å². The number of esters is 3. The van der Waals surface area contributed by atoms with E-state index in [0.29, 0.717) is 25.7 Å². The highest BCUT2D eigenvalue weighted by atomic mass is 16.5. The SMILES string of the molecule is C1CC2C3CCC(C3)C2C1.CC(C)CC(C)(C)C#N.CCCCCCCCCCCCCCCCCCOC(=O)C(C)CC.CCOC(=O)C(C)(C)CC.CCOC(=O)C(C)(C)CC. The van der Waals surface area contributed by atoms with Crippen molar-refractivity contribution in [1.82, 2.24) is 0 Å². The number of rotatable bonds is 27. The molecule has 64 heavy (non-hydrogen) atoms. The highest BCUT2D eigenvalue weighted by Crippen LogP contribution is 2.58. The van der Waals surface area contributed by atoms with Crippen molar-refractivity contribution in [1.29, 1.82) is 5.26 Å². The zero-order chi connectivity index (χ0) is 49.0. The van der Waals surface area contributed by atoms with Crippen LogP contribution in [0.3, 0.4) is 0 Å². The van der Waals surface area contributed by atoms with E-state index in [2.05, 4.69) is 26.8 Å². The quantitative estimate of drug-likeness (QED) is 0.0459. The minimum atomic E-state index is -0.310. The molecule has 3 rings (SSSR count). The Morgan fingerprint density at radius 1 is 0.562 bits per heavy atom. The second-order valence-electron chi connectivity index (χ2n) is 21.9. The highest BCUT2D eigenvalue weighted by molar-refractivity contribution is 5.76. The molecule has 0 N–H and O–H groups in total. The van der Waals surface area contributed by atoms with Gasteiger partial charge < -0.3 is 14.2 Å². The molecule has 3 fully saturated rings. The number of carbonyl (C=O) groups is 3. The van der Waals surface area contributed by atoms with E-state index in [9.17, 15) is 14.4 Å². The third-order valence-corrected chi connectivity index (χ3v) is 14.3. The molecule has 3 aliphatic carbocycles. The van der Waals surface area contributed by atoms with Crippen LogP contribution in [0.2, 0.25) is 0 Å². The van der Waals surface area contributed by atoms with Crippen LogP contribution in [-0.2, 0) is 28.6 Å². The van der Waals surface area contributed by atoms with Crippen LogP contribution in [0.4, 0.5) is 0 Å². The van der Waals surface area contributed by atoms with Gasteiger partial charge in [-0.15, -0.1) is 0 Å². The Hall–Kier alpha value is -2.10. The van der Waals surface area contributed by atoms with Gasteiger partial charge in [-0.2, -0.15) is 5.26 Å². The van der Waals surface area contributed by atoms with Gasteiger partial charge in [0.25, 0.3) is 0 Å². The molecule has 7 nitrogen and oxygen atoms in total. The normalized spacial score (nSPS) is 18.9. The first-order chi connectivity index (χ1) is 30.2. The number of carbonyl (C=O) groups excluding carboxylic acids is 3. The maximum atomic E-state index is 11.5. The van der Waals surface area contributed by atoms with Gasteiger partial charge in [0.05, 0.1) is 48.1 Å². The van der Waals surface area contributed by atoms with E-state index in [1.807, 2.05) is 83.1 Å². The van der Waals surface area contributed by atoms with Crippen molar-refractivity contribution in [3.63, 3.8) is 0 Å². The molecule has 0 aromatic carbocycles. The van der Waals surface area contributed by atoms with Crippen molar-refractivity contribution >= 4 is 17.9 Å². The van der Waals surface area contributed by atoms with Crippen LogP contribution in [0.25, 0.3) is 0 Å². The summed E-state index contributed by atoms with van der Waals surface area (Å²) in [5, 5.41) is 8.59. The van der Waals surface area contributed by atoms with Gasteiger partial charge in [0.15, 0.2) is 0 Å². The van der Waals surface area contributed by atoms with Crippen molar-refractivity contribution in [3.05, 3.63) is 0 Å². The van der Waals surface area contributed by atoms with Crippen LogP contribution < -0.4 is 0 Å². The Morgan fingerprint density at radius 3 is 1.23 bits per heavy atom. The van der Waals surface area contributed by atoms with Crippen molar-refractivity contribution in [2.75, 3.05) is 19.8 Å². The maximum absolute atomic E-state index is 11.5. The van der Waals surface area contributed by atoms with E-state index in [1.54, 1.807) is 38.5 Å². The third kappa shape index (κ3) is 31.0. The Bertz CT molecular complexity index is 1150. The minimum Gasteiger partial charge on any atom is -0.466 e. The van der Waals surface area contributed by atoms with Crippen LogP contribution in [0.1, 0.15) is 271 Å². The van der Waals surface area contributed by atoms with E-state index in [1.165, 1.54) is 120 Å². The lowest BCUT2D eigenvalue weighted by Gasteiger charge is -2.23. The van der Waals surface area contributed by atoms with Crippen molar-refractivity contribution in [3.8, 4) is 6.07 Å². The van der Waals surface area contributed by atoms with Crippen LogP contribution in [-0.4, -0.2) is 37.7 Å². The molecule has 378 valence electrons. The molecule has 5 atom stereocenters. The maximum Gasteiger partial charge on any atom is 0.311 e. The summed E-state index contributed by atoms with van der Waals surface area (Å²) in [5.41, 5.74) is -0.750. The monoisotopic (exact) mass is 904 g/mol. The van der Waals surface area contributed by atoms with Crippen LogP contribution >= 0.6 is 0 Å². The lowest BCUT2D eigenvalue weighted by Crippen LogP contribution is -2.25. The molecule has 3 aliphatic rings. The Kier molecular flexibility index (Phi) is 37.9.